The van der Waals surface area contributed by atoms with Crippen LogP contribution in [0.5, 0.6) is 0 Å². The van der Waals surface area contributed by atoms with Crippen molar-refractivity contribution in [3.63, 3.8) is 0 Å². The lowest BCUT2D eigenvalue weighted by molar-refractivity contribution is -0.144. The van der Waals surface area contributed by atoms with E-state index in [0.717, 1.165) is 31.3 Å². The molecule has 0 spiro atoms. The van der Waals surface area contributed by atoms with Crippen molar-refractivity contribution in [2.24, 2.45) is 39.7 Å². The normalized spacial score (nSPS) is 26.7. The predicted octanol–water partition coefficient (Wildman–Crippen LogP) is 1.87. The highest BCUT2D eigenvalue weighted by atomic mass is 16.2. The lowest BCUT2D eigenvalue weighted by atomic mass is 9.81. The lowest BCUT2D eigenvalue weighted by Gasteiger charge is -2.38. The van der Waals surface area contributed by atoms with Crippen molar-refractivity contribution in [3.05, 3.63) is 11.1 Å². The van der Waals surface area contributed by atoms with Gasteiger partial charge in [0.1, 0.15) is 18.1 Å². The Morgan fingerprint density at radius 1 is 0.870 bits per heavy atom. The molecule has 3 aliphatic carbocycles. The van der Waals surface area contributed by atoms with E-state index in [1.807, 2.05) is 41.5 Å². The summed E-state index contributed by atoms with van der Waals surface area (Å²) in [6.45, 7) is 17.0. The molecule has 0 aromatic rings. The largest absolute Gasteiger partial charge is 0.363 e. The number of hydrogen-bond donors (Lipinski definition) is 4. The Bertz CT molecular complexity index is 1360. The summed E-state index contributed by atoms with van der Waals surface area (Å²) in [4.78, 5) is 83.3. The van der Waals surface area contributed by atoms with Crippen LogP contribution in [0.25, 0.3) is 0 Å². The van der Waals surface area contributed by atoms with Crippen LogP contribution in [0.15, 0.2) is 11.1 Å². The van der Waals surface area contributed by atoms with Gasteiger partial charge < -0.3 is 31.5 Å². The van der Waals surface area contributed by atoms with Crippen molar-refractivity contribution in [2.75, 3.05) is 19.6 Å². The van der Waals surface area contributed by atoms with Crippen LogP contribution in [0, 0.1) is 34.0 Å². The van der Waals surface area contributed by atoms with Gasteiger partial charge in [-0.15, -0.1) is 0 Å². The van der Waals surface area contributed by atoms with Crippen molar-refractivity contribution < 1.29 is 28.8 Å². The van der Waals surface area contributed by atoms with Crippen molar-refractivity contribution >= 4 is 35.4 Å². The average molecular weight is 641 g/mol. The second kappa shape index (κ2) is 11.7. The Kier molecular flexibility index (Phi) is 8.60. The Hall–Kier alpha value is -3.44. The number of carbonyl (C=O) groups excluding carboxylic acids is 6. The highest BCUT2D eigenvalue weighted by Gasteiger charge is 2.71. The second-order valence-electron chi connectivity index (χ2n) is 16.8. The molecule has 4 fully saturated rings. The first-order valence-corrected chi connectivity index (χ1v) is 16.8. The number of Topliss-reactive ketones (excluding diaryl/α,β-unsaturated/α-hetero) is 1. The SMILES string of the molecule is CC1(C)C2=C3CN(C(=O)[C@@H](NC(=O)N[C@H](C(=O)N4CCCC4)C(C)(C)C)C(C)(C)C)[C@H](C(=O)NC(CC4CC4)C(=O)C(N)=O)[C@H]3C21. The van der Waals surface area contributed by atoms with Crippen LogP contribution >= 0.6 is 0 Å². The molecule has 0 bridgehead atoms. The number of allylic oxidation sites excluding steroid dienone is 1. The summed E-state index contributed by atoms with van der Waals surface area (Å²) in [6.07, 6.45) is 4.02. The molecule has 6 amide bonds. The summed E-state index contributed by atoms with van der Waals surface area (Å²) in [5.74, 6) is -2.79. The summed E-state index contributed by atoms with van der Waals surface area (Å²) >= 11 is 0. The van der Waals surface area contributed by atoms with Gasteiger partial charge in [0, 0.05) is 25.6 Å². The third-order valence-corrected chi connectivity index (χ3v) is 10.7. The molecule has 2 unspecified atom stereocenters. The molecule has 2 saturated carbocycles. The number of primary amides is 1. The number of hydrogen-bond acceptors (Lipinski definition) is 6. The van der Waals surface area contributed by atoms with Gasteiger partial charge >= 0.3 is 6.03 Å². The quantitative estimate of drug-likeness (QED) is 0.210. The Balaban J connectivity index is 1.37. The predicted molar refractivity (Wildman–Crippen MR) is 171 cm³/mol. The summed E-state index contributed by atoms with van der Waals surface area (Å²) in [5, 5.41) is 8.53. The Morgan fingerprint density at radius 2 is 1.41 bits per heavy atom. The molecule has 5 rings (SSSR count). The number of urea groups is 1. The maximum absolute atomic E-state index is 14.5. The molecule has 254 valence electrons. The molecule has 0 aromatic heterocycles. The molecule has 6 atom stereocenters. The van der Waals surface area contributed by atoms with Crippen molar-refractivity contribution in [3.8, 4) is 0 Å². The molecule has 2 aliphatic heterocycles. The first kappa shape index (κ1) is 33.9. The van der Waals surface area contributed by atoms with E-state index in [9.17, 15) is 28.8 Å². The van der Waals surface area contributed by atoms with Crippen LogP contribution in [0.3, 0.4) is 0 Å². The Morgan fingerprint density at radius 3 is 1.91 bits per heavy atom. The van der Waals surface area contributed by atoms with Gasteiger partial charge in [-0.05, 0) is 52.9 Å². The molecule has 0 radical (unpaired) electrons. The van der Waals surface area contributed by atoms with Crippen LogP contribution < -0.4 is 21.7 Å². The minimum absolute atomic E-state index is 0.0600. The van der Waals surface area contributed by atoms with E-state index in [2.05, 4.69) is 29.8 Å². The van der Waals surface area contributed by atoms with Gasteiger partial charge in [0.15, 0.2) is 0 Å². The molecule has 5 N–H and O–H groups in total. The number of rotatable bonds is 10. The number of likely N-dealkylation sites (tertiary alicyclic amines) is 2. The van der Waals surface area contributed by atoms with Crippen molar-refractivity contribution in [1.82, 2.24) is 25.8 Å². The number of ketones is 1. The van der Waals surface area contributed by atoms with E-state index in [0.29, 0.717) is 19.5 Å². The summed E-state index contributed by atoms with van der Waals surface area (Å²) in [7, 11) is 0. The topological polar surface area (TPSA) is 171 Å². The zero-order valence-corrected chi connectivity index (χ0v) is 28.6. The number of nitrogens with zero attached hydrogens (tertiary/aromatic N) is 2. The van der Waals surface area contributed by atoms with E-state index in [-0.39, 0.29) is 35.6 Å². The number of fused-ring (bicyclic) bond motifs is 3. The van der Waals surface area contributed by atoms with Gasteiger partial charge in [0.2, 0.25) is 23.5 Å². The van der Waals surface area contributed by atoms with Crippen LogP contribution in [0.2, 0.25) is 0 Å². The van der Waals surface area contributed by atoms with Crippen LogP contribution in [0.4, 0.5) is 4.79 Å². The van der Waals surface area contributed by atoms with E-state index >= 15 is 0 Å². The number of nitrogens with two attached hydrogens (primary N) is 1. The van der Waals surface area contributed by atoms with Crippen molar-refractivity contribution in [2.45, 2.75) is 112 Å². The molecule has 2 heterocycles. The first-order valence-electron chi connectivity index (χ1n) is 16.8. The number of amides is 6. The Labute approximate surface area is 272 Å². The summed E-state index contributed by atoms with van der Waals surface area (Å²) < 4.78 is 0. The van der Waals surface area contributed by atoms with Gasteiger partial charge in [0.25, 0.3) is 5.91 Å². The van der Waals surface area contributed by atoms with E-state index in [4.69, 9.17) is 5.73 Å². The molecule has 12 nitrogen and oxygen atoms in total. The monoisotopic (exact) mass is 640 g/mol. The standard InChI is InChI=1S/C34H52N6O6/c1-32(2,3)25(29(44)39-13-9-10-14-39)37-31(46)38-26(33(4,5)6)30(45)40-16-18-20(22-21(18)34(22,7)8)23(40)28(43)36-19(15-17-11-12-17)24(41)27(35)42/h17,19-20,22-23,25-26H,9-16H2,1-8H3,(H2,35,42)(H,36,43)(H2,37,38,46)/t19?,20-,22?,23+,25-,26-/m1/s1. The molecule has 0 aromatic carbocycles. The zero-order chi connectivity index (χ0) is 34.1. The van der Waals surface area contributed by atoms with Gasteiger partial charge in [-0.3, -0.25) is 24.0 Å². The fourth-order valence-corrected chi connectivity index (χ4v) is 7.90. The molecular weight excluding hydrogens is 588 g/mol. The van der Waals surface area contributed by atoms with Gasteiger partial charge in [-0.25, -0.2) is 4.79 Å². The maximum atomic E-state index is 14.5. The molecular formula is C34H52N6O6. The van der Waals surface area contributed by atoms with E-state index in [1.165, 1.54) is 10.5 Å². The fourth-order valence-electron chi connectivity index (χ4n) is 7.90. The van der Waals surface area contributed by atoms with Crippen LogP contribution in [-0.4, -0.2) is 89.0 Å². The van der Waals surface area contributed by atoms with Gasteiger partial charge in [-0.2, -0.15) is 0 Å². The minimum Gasteiger partial charge on any atom is -0.363 e. The zero-order valence-electron chi connectivity index (χ0n) is 28.6. The average Bonchev–Trinajstić information content (AvgIpc) is 3.67. The third kappa shape index (κ3) is 6.28. The van der Waals surface area contributed by atoms with Gasteiger partial charge in [-0.1, -0.05) is 73.8 Å². The van der Waals surface area contributed by atoms with Gasteiger partial charge in [0.05, 0.1) is 6.04 Å². The summed E-state index contributed by atoms with van der Waals surface area (Å²) in [5.41, 5.74) is 6.27. The van der Waals surface area contributed by atoms with Crippen molar-refractivity contribution in [1.29, 1.82) is 0 Å². The molecule has 12 heteroatoms. The van der Waals surface area contributed by atoms with E-state index < -0.39 is 64.5 Å². The third-order valence-electron chi connectivity index (χ3n) is 10.7. The first-order chi connectivity index (χ1) is 21.2. The number of carbonyl (C=O) groups is 6. The second-order valence-corrected chi connectivity index (χ2v) is 16.8. The molecule has 46 heavy (non-hydrogen) atoms. The highest BCUT2D eigenvalue weighted by molar-refractivity contribution is 6.37. The maximum Gasteiger partial charge on any atom is 0.316 e. The van der Waals surface area contributed by atoms with E-state index in [1.54, 1.807) is 4.90 Å². The fraction of sp³-hybridized carbons (Fsp3) is 0.765. The molecule has 5 aliphatic rings. The highest BCUT2D eigenvalue weighted by Crippen LogP contribution is 2.74. The lowest BCUT2D eigenvalue weighted by Crippen LogP contribution is -2.63. The van der Waals surface area contributed by atoms with Crippen LogP contribution in [0.1, 0.15) is 87.5 Å². The van der Waals surface area contributed by atoms with Crippen LogP contribution in [-0.2, 0) is 24.0 Å². The minimum atomic E-state index is -1.10. The number of nitrogens with one attached hydrogen (secondary N) is 3. The molecule has 2 saturated heterocycles. The smallest absolute Gasteiger partial charge is 0.316 e. The summed E-state index contributed by atoms with van der Waals surface area (Å²) in [6, 6.07) is -4.39.